The molecule has 0 spiro atoms. The summed E-state index contributed by atoms with van der Waals surface area (Å²) in [5.74, 6) is 0.290. The van der Waals surface area contributed by atoms with E-state index < -0.39 is 0 Å². The SMILES string of the molecule is O=C(/C=C/N1CCOCC1)c1ccc(OCCCN2CCOCC2)cc1O. The van der Waals surface area contributed by atoms with E-state index in [1.807, 2.05) is 4.90 Å². The Morgan fingerprint density at radius 1 is 1.11 bits per heavy atom. The number of ketones is 1. The van der Waals surface area contributed by atoms with E-state index in [9.17, 15) is 9.90 Å². The highest BCUT2D eigenvalue weighted by Crippen LogP contribution is 2.24. The predicted molar refractivity (Wildman–Crippen MR) is 101 cm³/mol. The molecule has 27 heavy (non-hydrogen) atoms. The third-order valence-corrected chi connectivity index (χ3v) is 4.71. The van der Waals surface area contributed by atoms with Crippen LogP contribution in [0.4, 0.5) is 0 Å². The fourth-order valence-electron chi connectivity index (χ4n) is 3.10. The number of aromatic hydroxyl groups is 1. The molecule has 7 heteroatoms. The Labute approximate surface area is 160 Å². The quantitative estimate of drug-likeness (QED) is 0.419. The predicted octanol–water partition coefficient (Wildman–Crippen LogP) is 1.52. The molecule has 0 unspecified atom stereocenters. The van der Waals surface area contributed by atoms with Crippen LogP contribution in [0.25, 0.3) is 0 Å². The number of nitrogens with zero attached hydrogens (tertiary/aromatic N) is 2. The van der Waals surface area contributed by atoms with E-state index in [0.29, 0.717) is 25.6 Å². The van der Waals surface area contributed by atoms with Crippen molar-refractivity contribution in [3.63, 3.8) is 0 Å². The maximum absolute atomic E-state index is 12.3. The molecule has 0 bridgehead atoms. The largest absolute Gasteiger partial charge is 0.507 e. The van der Waals surface area contributed by atoms with Gasteiger partial charge in [-0.25, -0.2) is 0 Å². The van der Waals surface area contributed by atoms with Gasteiger partial charge < -0.3 is 24.2 Å². The molecule has 2 aliphatic rings. The molecule has 0 aliphatic carbocycles. The second-order valence-electron chi connectivity index (χ2n) is 6.66. The number of ether oxygens (including phenoxy) is 3. The monoisotopic (exact) mass is 376 g/mol. The Kier molecular flexibility index (Phi) is 7.50. The average molecular weight is 376 g/mol. The first kappa shape index (κ1) is 19.7. The van der Waals surface area contributed by atoms with Crippen LogP contribution in [0.5, 0.6) is 11.5 Å². The average Bonchev–Trinajstić information content (AvgIpc) is 2.71. The van der Waals surface area contributed by atoms with Gasteiger partial charge in [-0.2, -0.15) is 0 Å². The topological polar surface area (TPSA) is 71.5 Å². The Balaban J connectivity index is 1.44. The molecule has 2 aliphatic heterocycles. The molecule has 0 aromatic heterocycles. The Hall–Kier alpha value is -2.09. The van der Waals surface area contributed by atoms with E-state index >= 15 is 0 Å². The van der Waals surface area contributed by atoms with Gasteiger partial charge >= 0.3 is 0 Å². The zero-order valence-electron chi connectivity index (χ0n) is 15.6. The number of carbonyl (C=O) groups excluding carboxylic acids is 1. The van der Waals surface area contributed by atoms with Crippen LogP contribution in [-0.2, 0) is 9.47 Å². The van der Waals surface area contributed by atoms with E-state index in [-0.39, 0.29) is 17.1 Å². The van der Waals surface area contributed by atoms with Crippen LogP contribution in [0.1, 0.15) is 16.8 Å². The number of morpholine rings is 2. The van der Waals surface area contributed by atoms with E-state index in [0.717, 1.165) is 52.4 Å². The zero-order chi connectivity index (χ0) is 18.9. The molecule has 1 N–H and O–H groups in total. The molecule has 0 radical (unpaired) electrons. The summed E-state index contributed by atoms with van der Waals surface area (Å²) >= 11 is 0. The number of carbonyl (C=O) groups is 1. The molecule has 7 nitrogen and oxygen atoms in total. The minimum absolute atomic E-state index is 0.0580. The zero-order valence-corrected chi connectivity index (χ0v) is 15.6. The highest BCUT2D eigenvalue weighted by atomic mass is 16.5. The highest BCUT2D eigenvalue weighted by molar-refractivity contribution is 6.06. The molecule has 0 amide bonds. The number of hydrogen-bond donors (Lipinski definition) is 1. The first-order valence-electron chi connectivity index (χ1n) is 9.52. The van der Waals surface area contributed by atoms with E-state index in [1.165, 1.54) is 12.1 Å². The maximum Gasteiger partial charge on any atom is 0.190 e. The fraction of sp³-hybridized carbons (Fsp3) is 0.550. The van der Waals surface area contributed by atoms with Crippen LogP contribution in [0.2, 0.25) is 0 Å². The van der Waals surface area contributed by atoms with Gasteiger partial charge in [0.05, 0.1) is 38.6 Å². The van der Waals surface area contributed by atoms with Crippen molar-refractivity contribution < 1.29 is 24.1 Å². The number of rotatable bonds is 8. The second-order valence-corrected chi connectivity index (χ2v) is 6.66. The summed E-state index contributed by atoms with van der Waals surface area (Å²) in [7, 11) is 0. The van der Waals surface area contributed by atoms with Crippen molar-refractivity contribution in [1.82, 2.24) is 9.80 Å². The lowest BCUT2D eigenvalue weighted by molar-refractivity contribution is 0.0358. The van der Waals surface area contributed by atoms with Gasteiger partial charge in [-0.05, 0) is 18.6 Å². The number of benzene rings is 1. The summed E-state index contributed by atoms with van der Waals surface area (Å²) in [5.41, 5.74) is 0.278. The van der Waals surface area contributed by atoms with Crippen molar-refractivity contribution in [3.05, 3.63) is 36.0 Å². The van der Waals surface area contributed by atoms with Crippen LogP contribution >= 0.6 is 0 Å². The number of hydrogen-bond acceptors (Lipinski definition) is 7. The normalized spacial score (nSPS) is 18.7. The summed E-state index contributed by atoms with van der Waals surface area (Å²) in [4.78, 5) is 16.7. The van der Waals surface area contributed by atoms with Gasteiger partial charge in [0, 0.05) is 51.1 Å². The summed E-state index contributed by atoms with van der Waals surface area (Å²) < 4.78 is 16.3. The lowest BCUT2D eigenvalue weighted by Crippen LogP contribution is -2.37. The van der Waals surface area contributed by atoms with E-state index in [4.69, 9.17) is 14.2 Å². The molecule has 0 saturated carbocycles. The summed E-state index contributed by atoms with van der Waals surface area (Å²) in [5, 5.41) is 10.2. The third-order valence-electron chi connectivity index (χ3n) is 4.71. The minimum Gasteiger partial charge on any atom is -0.507 e. The molecule has 0 atom stereocenters. The Morgan fingerprint density at radius 3 is 2.52 bits per heavy atom. The number of phenolic OH excluding ortho intramolecular Hbond substituents is 1. The molecule has 3 rings (SSSR count). The molecule has 1 aromatic carbocycles. The van der Waals surface area contributed by atoms with Crippen molar-refractivity contribution in [3.8, 4) is 11.5 Å². The Morgan fingerprint density at radius 2 is 1.81 bits per heavy atom. The first-order valence-corrected chi connectivity index (χ1v) is 9.52. The third kappa shape index (κ3) is 6.23. The molecular weight excluding hydrogens is 348 g/mol. The summed E-state index contributed by atoms with van der Waals surface area (Å²) in [6, 6.07) is 4.84. The van der Waals surface area contributed by atoms with Gasteiger partial charge in [-0.15, -0.1) is 0 Å². The van der Waals surface area contributed by atoms with Gasteiger partial charge in [0.25, 0.3) is 0 Å². The molecular formula is C20H28N2O5. The van der Waals surface area contributed by atoms with Crippen LogP contribution in [0.15, 0.2) is 30.5 Å². The summed E-state index contributed by atoms with van der Waals surface area (Å²) in [6.45, 7) is 7.95. The lowest BCUT2D eigenvalue weighted by atomic mass is 10.1. The van der Waals surface area contributed by atoms with E-state index in [1.54, 1.807) is 18.3 Å². The van der Waals surface area contributed by atoms with Crippen LogP contribution in [-0.4, -0.2) is 86.4 Å². The van der Waals surface area contributed by atoms with Crippen molar-refractivity contribution in [2.45, 2.75) is 6.42 Å². The van der Waals surface area contributed by atoms with E-state index in [2.05, 4.69) is 4.90 Å². The Bertz CT molecular complexity index is 637. The molecule has 148 valence electrons. The number of allylic oxidation sites excluding steroid dienone is 1. The van der Waals surface area contributed by atoms with Crippen molar-refractivity contribution in [1.29, 1.82) is 0 Å². The van der Waals surface area contributed by atoms with Crippen LogP contribution in [0.3, 0.4) is 0 Å². The van der Waals surface area contributed by atoms with Crippen molar-refractivity contribution >= 4 is 5.78 Å². The standard InChI is InChI=1S/C20H28N2O5/c23-19(4-6-22-9-14-26-15-10-22)18-3-2-17(16-20(18)24)27-11-1-5-21-7-12-25-13-8-21/h2-4,6,16,24H,1,5,7-15H2/b6-4+. The molecule has 1 aromatic rings. The first-order chi connectivity index (χ1) is 13.2. The van der Waals surface area contributed by atoms with Gasteiger partial charge in [-0.3, -0.25) is 9.69 Å². The van der Waals surface area contributed by atoms with Crippen molar-refractivity contribution in [2.24, 2.45) is 0 Å². The second kappa shape index (κ2) is 10.3. The minimum atomic E-state index is -0.224. The van der Waals surface area contributed by atoms with Gasteiger partial charge in [-0.1, -0.05) is 0 Å². The summed E-state index contributed by atoms with van der Waals surface area (Å²) in [6.07, 6.45) is 4.16. The van der Waals surface area contributed by atoms with Crippen LogP contribution < -0.4 is 4.74 Å². The lowest BCUT2D eigenvalue weighted by Gasteiger charge is -2.26. The number of phenols is 1. The van der Waals surface area contributed by atoms with Crippen molar-refractivity contribution in [2.75, 3.05) is 65.8 Å². The van der Waals surface area contributed by atoms with Crippen LogP contribution in [0, 0.1) is 0 Å². The van der Waals surface area contributed by atoms with Gasteiger partial charge in [0.1, 0.15) is 11.5 Å². The molecule has 2 saturated heterocycles. The fourth-order valence-corrected chi connectivity index (χ4v) is 3.10. The van der Waals surface area contributed by atoms with Gasteiger partial charge in [0.15, 0.2) is 5.78 Å². The highest BCUT2D eigenvalue weighted by Gasteiger charge is 2.12. The molecule has 2 fully saturated rings. The van der Waals surface area contributed by atoms with Gasteiger partial charge in [0.2, 0.25) is 0 Å². The smallest absolute Gasteiger partial charge is 0.190 e. The molecule has 2 heterocycles. The maximum atomic E-state index is 12.3.